The number of nitrogens with one attached hydrogen (secondary N) is 1. The second-order valence-corrected chi connectivity index (χ2v) is 7.91. The van der Waals surface area contributed by atoms with Gasteiger partial charge in [-0.25, -0.2) is 0 Å². The second kappa shape index (κ2) is 10.6. The summed E-state index contributed by atoms with van der Waals surface area (Å²) < 4.78 is 5.47. The molecule has 0 bridgehead atoms. The Hall–Kier alpha value is -3.64. The van der Waals surface area contributed by atoms with Gasteiger partial charge in [0.05, 0.1) is 7.11 Å². The van der Waals surface area contributed by atoms with Crippen molar-refractivity contribution in [2.75, 3.05) is 33.1 Å². The minimum Gasteiger partial charge on any atom is -0.496 e. The van der Waals surface area contributed by atoms with Crippen LogP contribution >= 0.6 is 0 Å². The van der Waals surface area contributed by atoms with Gasteiger partial charge in [-0.15, -0.1) is 0 Å². The summed E-state index contributed by atoms with van der Waals surface area (Å²) >= 11 is 0. The molecule has 0 aliphatic carbocycles. The van der Waals surface area contributed by atoms with E-state index in [4.69, 9.17) is 10.5 Å². The van der Waals surface area contributed by atoms with Crippen LogP contribution in [0.1, 0.15) is 32.7 Å². The van der Waals surface area contributed by atoms with Crippen molar-refractivity contribution >= 4 is 17.5 Å². The van der Waals surface area contributed by atoms with Crippen LogP contribution in [-0.2, 0) is 6.42 Å². The fraction of sp³-hybridized carbons (Fsp3) is 0.231. The van der Waals surface area contributed by atoms with E-state index in [0.29, 0.717) is 11.1 Å². The minimum absolute atomic E-state index is 0.176. The van der Waals surface area contributed by atoms with Crippen molar-refractivity contribution in [2.45, 2.75) is 12.8 Å². The normalized spacial score (nSPS) is 10.8. The van der Waals surface area contributed by atoms with Crippen molar-refractivity contribution in [1.29, 1.82) is 0 Å². The van der Waals surface area contributed by atoms with E-state index in [1.165, 1.54) is 0 Å². The zero-order chi connectivity index (χ0) is 23.1. The minimum atomic E-state index is -0.456. The number of ether oxygens (including phenoxy) is 1. The molecule has 0 fully saturated rings. The van der Waals surface area contributed by atoms with Gasteiger partial charge in [-0.05, 0) is 92.6 Å². The number of benzene rings is 3. The van der Waals surface area contributed by atoms with Crippen molar-refractivity contribution < 1.29 is 14.3 Å². The first-order valence-corrected chi connectivity index (χ1v) is 10.5. The van der Waals surface area contributed by atoms with Crippen molar-refractivity contribution in [3.8, 4) is 16.9 Å². The summed E-state index contributed by atoms with van der Waals surface area (Å²) in [6, 6.07) is 20.1. The number of amides is 2. The fourth-order valence-corrected chi connectivity index (χ4v) is 3.48. The van der Waals surface area contributed by atoms with E-state index in [2.05, 4.69) is 24.3 Å². The molecule has 0 aliphatic heterocycles. The van der Waals surface area contributed by atoms with E-state index in [1.807, 2.05) is 42.5 Å². The third-order valence-corrected chi connectivity index (χ3v) is 5.24. The molecule has 166 valence electrons. The standard InChI is InChI=1S/C26H29N3O3/c1-29(2)16-4-5-22-17-23(14-15-24(22)32-3)28-26(31)21-12-8-19(9-13-21)18-6-10-20(11-7-18)25(27)30/h6-15,17H,4-5,16H2,1-3H3,(H2,27,30)(H,28,31). The summed E-state index contributed by atoms with van der Waals surface area (Å²) in [5.74, 6) is 0.196. The monoisotopic (exact) mass is 431 g/mol. The quantitative estimate of drug-likeness (QED) is 0.532. The third-order valence-electron chi connectivity index (χ3n) is 5.24. The first-order valence-electron chi connectivity index (χ1n) is 10.5. The molecule has 0 spiro atoms. The van der Waals surface area contributed by atoms with Crippen LogP contribution < -0.4 is 15.8 Å². The number of hydrogen-bond donors (Lipinski definition) is 2. The lowest BCUT2D eigenvalue weighted by Crippen LogP contribution is -2.14. The van der Waals surface area contributed by atoms with E-state index < -0.39 is 5.91 Å². The molecule has 3 aromatic rings. The molecule has 6 heteroatoms. The maximum Gasteiger partial charge on any atom is 0.255 e. The molecule has 0 saturated carbocycles. The maximum absolute atomic E-state index is 12.8. The van der Waals surface area contributed by atoms with Gasteiger partial charge in [0, 0.05) is 16.8 Å². The van der Waals surface area contributed by atoms with Crippen molar-refractivity contribution in [2.24, 2.45) is 5.73 Å². The van der Waals surface area contributed by atoms with Gasteiger partial charge < -0.3 is 20.7 Å². The van der Waals surface area contributed by atoms with E-state index >= 15 is 0 Å². The van der Waals surface area contributed by atoms with E-state index in [9.17, 15) is 9.59 Å². The highest BCUT2D eigenvalue weighted by atomic mass is 16.5. The van der Waals surface area contributed by atoms with Gasteiger partial charge in [-0.1, -0.05) is 24.3 Å². The number of carbonyl (C=O) groups excluding carboxylic acids is 2. The molecule has 0 unspecified atom stereocenters. The summed E-state index contributed by atoms with van der Waals surface area (Å²) in [6.45, 7) is 0.983. The Morgan fingerprint density at radius 2 is 1.50 bits per heavy atom. The largest absolute Gasteiger partial charge is 0.496 e. The SMILES string of the molecule is COc1ccc(NC(=O)c2ccc(-c3ccc(C(N)=O)cc3)cc2)cc1CCCN(C)C. The highest BCUT2D eigenvalue weighted by Gasteiger charge is 2.10. The van der Waals surface area contributed by atoms with Crippen LogP contribution in [0.4, 0.5) is 5.69 Å². The summed E-state index contributed by atoms with van der Waals surface area (Å²) in [6.07, 6.45) is 1.87. The van der Waals surface area contributed by atoms with E-state index in [0.717, 1.165) is 47.5 Å². The van der Waals surface area contributed by atoms with E-state index in [-0.39, 0.29) is 5.91 Å². The zero-order valence-corrected chi connectivity index (χ0v) is 18.7. The van der Waals surface area contributed by atoms with Crippen molar-refractivity contribution in [1.82, 2.24) is 4.90 Å². The summed E-state index contributed by atoms with van der Waals surface area (Å²) in [7, 11) is 5.76. The van der Waals surface area contributed by atoms with Gasteiger partial charge in [-0.3, -0.25) is 9.59 Å². The Labute approximate surface area is 189 Å². The van der Waals surface area contributed by atoms with Crippen LogP contribution in [0.2, 0.25) is 0 Å². The number of nitrogens with two attached hydrogens (primary N) is 1. The van der Waals surface area contributed by atoms with Gasteiger partial charge >= 0.3 is 0 Å². The number of primary amides is 1. The third kappa shape index (κ3) is 5.95. The lowest BCUT2D eigenvalue weighted by Gasteiger charge is -2.13. The zero-order valence-electron chi connectivity index (χ0n) is 18.7. The van der Waals surface area contributed by atoms with Crippen molar-refractivity contribution in [3.05, 3.63) is 83.4 Å². The average Bonchev–Trinajstić information content (AvgIpc) is 2.79. The Kier molecular flexibility index (Phi) is 7.63. The number of hydrogen-bond acceptors (Lipinski definition) is 4. The average molecular weight is 432 g/mol. The number of rotatable bonds is 9. The van der Waals surface area contributed by atoms with Crippen LogP contribution in [0.25, 0.3) is 11.1 Å². The molecule has 3 N–H and O–H groups in total. The lowest BCUT2D eigenvalue weighted by molar-refractivity contribution is 0.0997. The highest BCUT2D eigenvalue weighted by Crippen LogP contribution is 2.25. The molecule has 0 saturated heterocycles. The van der Waals surface area contributed by atoms with Gasteiger partial charge in [-0.2, -0.15) is 0 Å². The second-order valence-electron chi connectivity index (χ2n) is 7.91. The smallest absolute Gasteiger partial charge is 0.255 e. The molecule has 0 radical (unpaired) electrons. The van der Waals surface area contributed by atoms with Crippen LogP contribution in [0.15, 0.2) is 66.7 Å². The molecule has 0 atom stereocenters. The molecule has 6 nitrogen and oxygen atoms in total. The van der Waals surface area contributed by atoms with Crippen LogP contribution in [0.5, 0.6) is 5.75 Å². The molecular formula is C26H29N3O3. The fourth-order valence-electron chi connectivity index (χ4n) is 3.48. The van der Waals surface area contributed by atoms with Crippen LogP contribution in [0, 0.1) is 0 Å². The lowest BCUT2D eigenvalue weighted by atomic mass is 10.0. The van der Waals surface area contributed by atoms with E-state index in [1.54, 1.807) is 31.4 Å². The van der Waals surface area contributed by atoms with Gasteiger partial charge in [0.1, 0.15) is 5.75 Å². The number of aryl methyl sites for hydroxylation is 1. The van der Waals surface area contributed by atoms with Crippen LogP contribution in [-0.4, -0.2) is 44.5 Å². The Bertz CT molecular complexity index is 1070. The Balaban J connectivity index is 1.69. The number of methoxy groups -OCH3 is 1. The number of nitrogens with zero attached hydrogens (tertiary/aromatic N) is 1. The van der Waals surface area contributed by atoms with Gasteiger partial charge in [0.25, 0.3) is 5.91 Å². The summed E-state index contributed by atoms with van der Waals surface area (Å²) in [5, 5.41) is 2.97. The van der Waals surface area contributed by atoms with Gasteiger partial charge in [0.15, 0.2) is 0 Å². The van der Waals surface area contributed by atoms with Crippen LogP contribution in [0.3, 0.4) is 0 Å². The maximum atomic E-state index is 12.8. The topological polar surface area (TPSA) is 84.7 Å². The first-order chi connectivity index (χ1) is 15.4. The number of anilines is 1. The molecule has 0 aliphatic rings. The predicted molar refractivity (Wildman–Crippen MR) is 128 cm³/mol. The molecular weight excluding hydrogens is 402 g/mol. The predicted octanol–water partition coefficient (Wildman–Crippen LogP) is 4.21. The van der Waals surface area contributed by atoms with Crippen molar-refractivity contribution in [3.63, 3.8) is 0 Å². The Morgan fingerprint density at radius 1 is 0.906 bits per heavy atom. The molecule has 0 heterocycles. The molecule has 3 rings (SSSR count). The molecule has 0 aromatic heterocycles. The highest BCUT2D eigenvalue weighted by molar-refractivity contribution is 6.04. The Morgan fingerprint density at radius 3 is 2.03 bits per heavy atom. The molecule has 2 amide bonds. The first kappa shape index (κ1) is 23.0. The van der Waals surface area contributed by atoms with Gasteiger partial charge in [0.2, 0.25) is 5.91 Å². The summed E-state index contributed by atoms with van der Waals surface area (Å²) in [4.78, 5) is 26.1. The summed E-state index contributed by atoms with van der Waals surface area (Å²) in [5.41, 5.74) is 10.0. The molecule has 32 heavy (non-hydrogen) atoms. The molecule has 3 aromatic carbocycles. The number of carbonyl (C=O) groups is 2.